The lowest BCUT2D eigenvalue weighted by atomic mass is 9.85. The number of para-hydroxylation sites is 1. The van der Waals surface area contributed by atoms with Crippen molar-refractivity contribution in [2.45, 2.75) is 24.6 Å². The Kier molecular flexibility index (Phi) is 5.38. The van der Waals surface area contributed by atoms with Gasteiger partial charge in [0.25, 0.3) is 0 Å². The number of alkyl halides is 3. The number of nitrogens with zero attached hydrogens (tertiary/aromatic N) is 3. The zero-order valence-corrected chi connectivity index (χ0v) is 16.2. The van der Waals surface area contributed by atoms with E-state index in [9.17, 15) is 22.4 Å². The van der Waals surface area contributed by atoms with Crippen molar-refractivity contribution < 1.29 is 22.4 Å². The van der Waals surface area contributed by atoms with Gasteiger partial charge in [-0.15, -0.1) is 0 Å². The highest BCUT2D eigenvalue weighted by molar-refractivity contribution is 5.89. The number of carbonyl (C=O) groups excluding carboxylic acids is 1. The molecule has 10 heteroatoms. The summed E-state index contributed by atoms with van der Waals surface area (Å²) in [5.74, 6) is -2.36. The molecule has 0 spiro atoms. The first-order valence-corrected chi connectivity index (χ1v) is 9.63. The number of hydrogen-bond acceptors (Lipinski definition) is 5. The number of halogens is 4. The van der Waals surface area contributed by atoms with Crippen LogP contribution in [0.15, 0.2) is 48.5 Å². The number of fused-ring (bicyclic) bond motifs is 1. The highest BCUT2D eigenvalue weighted by Crippen LogP contribution is 2.32. The van der Waals surface area contributed by atoms with Gasteiger partial charge in [-0.05, 0) is 36.2 Å². The number of aromatic nitrogens is 2. The Morgan fingerprint density at radius 1 is 1.10 bits per heavy atom. The average molecular weight is 433 g/mol. The van der Waals surface area contributed by atoms with Crippen LogP contribution in [0.2, 0.25) is 0 Å². The topological polar surface area (TPSA) is 84.1 Å². The van der Waals surface area contributed by atoms with Crippen LogP contribution in [-0.2, 0) is 4.79 Å². The maximum absolute atomic E-state index is 13.3. The average Bonchev–Trinajstić information content (AvgIpc) is 2.74. The van der Waals surface area contributed by atoms with Crippen molar-refractivity contribution in [1.29, 1.82) is 0 Å². The molecule has 0 radical (unpaired) electrons. The van der Waals surface area contributed by atoms with E-state index in [1.165, 1.54) is 24.3 Å². The second kappa shape index (κ2) is 8.01. The van der Waals surface area contributed by atoms with E-state index in [1.54, 1.807) is 29.2 Å². The Morgan fingerprint density at radius 2 is 1.81 bits per heavy atom. The standard InChI is InChI=1S/C21H19F4N5O/c22-13-7-5-12(6-8-13)14-9-10-30(11-17(14)27-19(31)21(23,24)25)20-28-16-4-2-1-3-15(16)18(26)29-20/h1-8,14,17H,9-11H2,(H,27,31)(H2,26,28,29). The molecule has 0 aliphatic carbocycles. The first-order chi connectivity index (χ1) is 14.7. The molecule has 1 aliphatic rings. The molecule has 162 valence electrons. The second-order valence-electron chi connectivity index (χ2n) is 7.40. The van der Waals surface area contributed by atoms with Crippen molar-refractivity contribution in [2.24, 2.45) is 0 Å². The maximum Gasteiger partial charge on any atom is 0.471 e. The first-order valence-electron chi connectivity index (χ1n) is 9.63. The molecule has 2 aromatic carbocycles. The molecule has 1 fully saturated rings. The quantitative estimate of drug-likeness (QED) is 0.619. The third-order valence-electron chi connectivity index (χ3n) is 5.39. The number of nitrogen functional groups attached to an aromatic ring is 1. The molecule has 0 bridgehead atoms. The van der Waals surface area contributed by atoms with Gasteiger partial charge in [-0.25, -0.2) is 9.37 Å². The number of hydrogen-bond donors (Lipinski definition) is 2. The van der Waals surface area contributed by atoms with Gasteiger partial charge in [0.1, 0.15) is 11.6 Å². The van der Waals surface area contributed by atoms with Crippen molar-refractivity contribution in [3.05, 3.63) is 59.9 Å². The Balaban J connectivity index is 1.64. The molecule has 2 unspecified atom stereocenters. The predicted octanol–water partition coefficient (Wildman–Crippen LogP) is 3.39. The molecule has 3 N–H and O–H groups in total. The van der Waals surface area contributed by atoms with E-state index in [2.05, 4.69) is 15.3 Å². The van der Waals surface area contributed by atoms with Crippen molar-refractivity contribution >= 4 is 28.6 Å². The fourth-order valence-corrected chi connectivity index (χ4v) is 3.87. The van der Waals surface area contributed by atoms with E-state index in [1.807, 2.05) is 0 Å². The van der Waals surface area contributed by atoms with Gasteiger partial charge in [-0.2, -0.15) is 18.2 Å². The van der Waals surface area contributed by atoms with Crippen molar-refractivity contribution in [2.75, 3.05) is 23.7 Å². The number of rotatable bonds is 3. The van der Waals surface area contributed by atoms with Crippen LogP contribution in [0.5, 0.6) is 0 Å². The van der Waals surface area contributed by atoms with Crippen LogP contribution in [0.1, 0.15) is 17.9 Å². The number of carbonyl (C=O) groups is 1. The predicted molar refractivity (Wildman–Crippen MR) is 108 cm³/mol. The van der Waals surface area contributed by atoms with E-state index < -0.39 is 29.9 Å². The van der Waals surface area contributed by atoms with E-state index in [0.29, 0.717) is 29.4 Å². The summed E-state index contributed by atoms with van der Waals surface area (Å²) in [6.07, 6.45) is -4.61. The molecule has 4 rings (SSSR count). The number of nitrogens with two attached hydrogens (primary N) is 1. The lowest BCUT2D eigenvalue weighted by Gasteiger charge is -2.39. The number of benzene rings is 2. The van der Waals surface area contributed by atoms with Gasteiger partial charge in [-0.3, -0.25) is 4.79 Å². The van der Waals surface area contributed by atoms with Crippen molar-refractivity contribution in [3.63, 3.8) is 0 Å². The van der Waals surface area contributed by atoms with E-state index in [4.69, 9.17) is 5.73 Å². The summed E-state index contributed by atoms with van der Waals surface area (Å²) < 4.78 is 52.1. The van der Waals surface area contributed by atoms with Crippen LogP contribution in [0, 0.1) is 5.82 Å². The monoisotopic (exact) mass is 433 g/mol. The summed E-state index contributed by atoms with van der Waals surface area (Å²) in [5, 5.41) is 2.76. The van der Waals surface area contributed by atoms with Gasteiger partial charge in [0, 0.05) is 24.4 Å². The summed E-state index contributed by atoms with van der Waals surface area (Å²) in [5.41, 5.74) is 7.30. The van der Waals surface area contributed by atoms with Crippen molar-refractivity contribution in [3.8, 4) is 0 Å². The second-order valence-corrected chi connectivity index (χ2v) is 7.40. The molecule has 2 heterocycles. The molecule has 3 aromatic rings. The van der Waals surface area contributed by atoms with Crippen LogP contribution < -0.4 is 16.0 Å². The molecule has 1 aromatic heterocycles. The minimum atomic E-state index is -5.01. The minimum Gasteiger partial charge on any atom is -0.383 e. The van der Waals surface area contributed by atoms with Gasteiger partial charge in [0.2, 0.25) is 5.95 Å². The van der Waals surface area contributed by atoms with Crippen LogP contribution in [0.3, 0.4) is 0 Å². The van der Waals surface area contributed by atoms with Crippen LogP contribution in [0.25, 0.3) is 10.9 Å². The SMILES string of the molecule is Nc1nc(N2CCC(c3ccc(F)cc3)C(NC(=O)C(F)(F)F)C2)nc2ccccc12. The van der Waals surface area contributed by atoms with Gasteiger partial charge >= 0.3 is 12.1 Å². The number of anilines is 2. The van der Waals surface area contributed by atoms with Gasteiger partial charge in [0.05, 0.1) is 11.6 Å². The normalized spacial score (nSPS) is 19.4. The number of amides is 1. The molecule has 1 saturated heterocycles. The van der Waals surface area contributed by atoms with E-state index >= 15 is 0 Å². The smallest absolute Gasteiger partial charge is 0.383 e. The number of nitrogens with one attached hydrogen (secondary N) is 1. The van der Waals surface area contributed by atoms with E-state index in [-0.39, 0.29) is 18.3 Å². The number of piperidine rings is 1. The fourth-order valence-electron chi connectivity index (χ4n) is 3.87. The van der Waals surface area contributed by atoms with Crippen LogP contribution >= 0.6 is 0 Å². The molecule has 1 aliphatic heterocycles. The summed E-state index contributed by atoms with van der Waals surface area (Å²) in [7, 11) is 0. The van der Waals surface area contributed by atoms with Gasteiger partial charge in [-0.1, -0.05) is 24.3 Å². The Morgan fingerprint density at radius 3 is 2.52 bits per heavy atom. The summed E-state index contributed by atoms with van der Waals surface area (Å²) in [4.78, 5) is 22.2. The summed E-state index contributed by atoms with van der Waals surface area (Å²) in [6.45, 7) is 0.472. The molecule has 31 heavy (non-hydrogen) atoms. The Bertz CT molecular complexity index is 1100. The third kappa shape index (κ3) is 4.37. The zero-order valence-electron chi connectivity index (χ0n) is 16.2. The lowest BCUT2D eigenvalue weighted by molar-refractivity contribution is -0.174. The largest absolute Gasteiger partial charge is 0.471 e. The summed E-state index contributed by atoms with van der Waals surface area (Å²) in [6, 6.07) is 11.8. The van der Waals surface area contributed by atoms with Crippen LogP contribution in [-0.4, -0.2) is 41.2 Å². The first kappa shape index (κ1) is 20.8. The van der Waals surface area contributed by atoms with Gasteiger partial charge in [0.15, 0.2) is 0 Å². The summed E-state index contributed by atoms with van der Waals surface area (Å²) >= 11 is 0. The fraction of sp³-hybridized carbons (Fsp3) is 0.286. The zero-order chi connectivity index (χ0) is 22.2. The van der Waals surface area contributed by atoms with Crippen LogP contribution in [0.4, 0.5) is 29.3 Å². The highest BCUT2D eigenvalue weighted by atomic mass is 19.4. The Hall–Kier alpha value is -3.43. The highest BCUT2D eigenvalue weighted by Gasteiger charge is 2.42. The minimum absolute atomic E-state index is 0.0433. The lowest BCUT2D eigenvalue weighted by Crippen LogP contribution is -2.54. The van der Waals surface area contributed by atoms with Crippen molar-refractivity contribution in [1.82, 2.24) is 15.3 Å². The maximum atomic E-state index is 13.3. The Labute approximate surface area is 175 Å². The molecule has 1 amide bonds. The molecular weight excluding hydrogens is 414 g/mol. The van der Waals surface area contributed by atoms with Gasteiger partial charge < -0.3 is 16.0 Å². The third-order valence-corrected chi connectivity index (χ3v) is 5.39. The molecular formula is C21H19F4N5O. The molecule has 0 saturated carbocycles. The molecule has 2 atom stereocenters. The van der Waals surface area contributed by atoms with E-state index in [0.717, 1.165) is 0 Å². The molecule has 6 nitrogen and oxygen atoms in total.